The van der Waals surface area contributed by atoms with E-state index in [-0.39, 0.29) is 0 Å². The molecule has 0 spiro atoms. The molecule has 4 amide bonds. The number of urea groups is 1. The molecule has 0 aromatic heterocycles. The van der Waals surface area contributed by atoms with Crippen molar-refractivity contribution in [3.05, 3.63) is 78.9 Å². The van der Waals surface area contributed by atoms with E-state index in [9.17, 15) is 14.4 Å². The normalized spacial score (nSPS) is 16.5. The van der Waals surface area contributed by atoms with Crippen LogP contribution in [0.3, 0.4) is 0 Å². The zero-order valence-corrected chi connectivity index (χ0v) is 17.6. The van der Waals surface area contributed by atoms with Crippen LogP contribution in [0.15, 0.2) is 94.1 Å². The predicted molar refractivity (Wildman–Crippen MR) is 123 cm³/mol. The first-order valence-corrected chi connectivity index (χ1v) is 9.99. The van der Waals surface area contributed by atoms with Crippen molar-refractivity contribution in [2.24, 2.45) is 21.1 Å². The van der Waals surface area contributed by atoms with Crippen LogP contribution in [0.2, 0.25) is 0 Å². The fourth-order valence-electron chi connectivity index (χ4n) is 3.07. The lowest BCUT2D eigenvalue weighted by Crippen LogP contribution is -2.58. The van der Waals surface area contributed by atoms with Crippen molar-refractivity contribution in [1.29, 1.82) is 0 Å². The van der Waals surface area contributed by atoms with Crippen LogP contribution in [0.1, 0.15) is 0 Å². The number of azo groups is 1. The Labute approximate surface area is 189 Å². The molecule has 1 heterocycles. The second kappa shape index (κ2) is 9.65. The summed E-state index contributed by atoms with van der Waals surface area (Å²) in [5.74, 6) is -2.09. The number of imide groups is 2. The van der Waals surface area contributed by atoms with Gasteiger partial charge in [0, 0.05) is 6.21 Å². The number of amides is 4. The highest BCUT2D eigenvalue weighted by Gasteiger charge is 2.40. The summed E-state index contributed by atoms with van der Waals surface area (Å²) in [5.41, 5.74) is 2.19. The number of aliphatic imine (C=N–C) groups is 1. The Morgan fingerprint density at radius 1 is 0.818 bits per heavy atom. The number of carbonyl (C=O) groups excluding carboxylic acids is 3. The van der Waals surface area contributed by atoms with Gasteiger partial charge in [0.2, 0.25) is 5.91 Å². The fraction of sp³-hybridized carbons (Fsp3) is 0.0833. The summed E-state index contributed by atoms with van der Waals surface area (Å²) < 4.78 is 5.09. The minimum atomic E-state index is -1.25. The van der Waals surface area contributed by atoms with E-state index in [0.29, 0.717) is 22.8 Å². The molecule has 1 atom stereocenters. The number of barbiturate groups is 1. The van der Waals surface area contributed by atoms with Gasteiger partial charge in [-0.2, -0.15) is 10.2 Å². The molecule has 33 heavy (non-hydrogen) atoms. The smallest absolute Gasteiger partial charge is 0.335 e. The molecule has 0 bridgehead atoms. The number of hydrogen-bond acceptors (Lipinski definition) is 7. The molecule has 1 aliphatic heterocycles. The van der Waals surface area contributed by atoms with E-state index in [1.54, 1.807) is 48.5 Å². The first-order valence-electron chi connectivity index (χ1n) is 9.99. The summed E-state index contributed by atoms with van der Waals surface area (Å²) >= 11 is 0. The summed E-state index contributed by atoms with van der Waals surface area (Å²) in [5, 5.41) is 10.5. The van der Waals surface area contributed by atoms with Crippen molar-refractivity contribution >= 4 is 46.8 Å². The Kier molecular flexibility index (Phi) is 6.31. The van der Waals surface area contributed by atoms with Crippen LogP contribution in [-0.2, 0) is 9.59 Å². The first kappa shape index (κ1) is 21.6. The zero-order valence-electron chi connectivity index (χ0n) is 17.6. The van der Waals surface area contributed by atoms with Crippen molar-refractivity contribution in [2.45, 2.75) is 0 Å². The third kappa shape index (κ3) is 4.99. The Bertz CT molecular complexity index is 1220. The highest BCUT2D eigenvalue weighted by Crippen LogP contribution is 2.24. The van der Waals surface area contributed by atoms with Crippen molar-refractivity contribution < 1.29 is 19.1 Å². The number of rotatable bonds is 6. The van der Waals surface area contributed by atoms with Gasteiger partial charge < -0.3 is 4.74 Å². The molecular weight excluding hydrogens is 422 g/mol. The third-order valence-electron chi connectivity index (χ3n) is 4.79. The molecule has 1 saturated heterocycles. The topological polar surface area (TPSA) is 113 Å². The maximum atomic E-state index is 12.9. The molecule has 4 rings (SSSR count). The van der Waals surface area contributed by atoms with E-state index in [1.807, 2.05) is 30.3 Å². The van der Waals surface area contributed by atoms with Crippen LogP contribution in [0.4, 0.5) is 27.5 Å². The molecule has 9 heteroatoms. The number of hydrogen-bond donors (Lipinski definition) is 1. The molecule has 9 nitrogen and oxygen atoms in total. The third-order valence-corrected chi connectivity index (χ3v) is 4.79. The maximum absolute atomic E-state index is 12.9. The van der Waals surface area contributed by atoms with Gasteiger partial charge in [-0.15, -0.1) is 0 Å². The van der Waals surface area contributed by atoms with E-state index in [0.717, 1.165) is 10.6 Å². The minimum absolute atomic E-state index is 0.317. The van der Waals surface area contributed by atoms with Gasteiger partial charge in [-0.05, 0) is 60.7 Å². The molecule has 1 aliphatic rings. The molecule has 164 valence electrons. The largest absolute Gasteiger partial charge is 0.497 e. The molecule has 1 fully saturated rings. The molecule has 0 aliphatic carbocycles. The van der Waals surface area contributed by atoms with E-state index < -0.39 is 23.8 Å². The van der Waals surface area contributed by atoms with E-state index in [1.165, 1.54) is 13.3 Å². The highest BCUT2D eigenvalue weighted by atomic mass is 16.5. The van der Waals surface area contributed by atoms with Gasteiger partial charge in [-0.3, -0.25) is 19.9 Å². The van der Waals surface area contributed by atoms with Crippen LogP contribution < -0.4 is 15.0 Å². The fourth-order valence-corrected chi connectivity index (χ4v) is 3.07. The van der Waals surface area contributed by atoms with Crippen LogP contribution in [0.5, 0.6) is 5.75 Å². The summed E-state index contributed by atoms with van der Waals surface area (Å²) in [4.78, 5) is 42.6. The molecule has 3 aromatic carbocycles. The van der Waals surface area contributed by atoms with Crippen molar-refractivity contribution in [3.63, 3.8) is 0 Å². The van der Waals surface area contributed by atoms with E-state index >= 15 is 0 Å². The van der Waals surface area contributed by atoms with Gasteiger partial charge in [-0.1, -0.05) is 18.2 Å². The second-order valence-corrected chi connectivity index (χ2v) is 6.97. The highest BCUT2D eigenvalue weighted by molar-refractivity contribution is 6.32. The van der Waals surface area contributed by atoms with Crippen molar-refractivity contribution in [3.8, 4) is 5.75 Å². The second-order valence-electron chi connectivity index (χ2n) is 6.97. The Balaban J connectivity index is 1.48. The maximum Gasteiger partial charge on any atom is 0.335 e. The molecule has 0 saturated carbocycles. The van der Waals surface area contributed by atoms with Gasteiger partial charge >= 0.3 is 6.03 Å². The van der Waals surface area contributed by atoms with E-state index in [2.05, 4.69) is 20.5 Å². The Morgan fingerprint density at radius 3 is 2.06 bits per heavy atom. The van der Waals surface area contributed by atoms with Gasteiger partial charge in [0.05, 0.1) is 29.9 Å². The number of ether oxygens (including phenoxy) is 1. The number of benzene rings is 3. The van der Waals surface area contributed by atoms with Crippen LogP contribution >= 0.6 is 0 Å². The molecule has 1 N–H and O–H groups in total. The quantitative estimate of drug-likeness (QED) is 0.339. The van der Waals surface area contributed by atoms with Crippen molar-refractivity contribution in [1.82, 2.24) is 5.32 Å². The van der Waals surface area contributed by atoms with Gasteiger partial charge in [-0.25, -0.2) is 9.69 Å². The monoisotopic (exact) mass is 441 g/mol. The summed E-state index contributed by atoms with van der Waals surface area (Å²) in [6.45, 7) is 0. The SMILES string of the molecule is COc1ccc(N2C(=O)NC(=O)[C@H](C=Nc3ccc(N=Nc4ccccc4)cc3)C2=O)cc1. The summed E-state index contributed by atoms with van der Waals surface area (Å²) in [7, 11) is 1.51. The molecule has 0 radical (unpaired) electrons. The van der Waals surface area contributed by atoms with Crippen LogP contribution in [0, 0.1) is 5.92 Å². The summed E-state index contributed by atoms with van der Waals surface area (Å²) in [6.07, 6.45) is 1.22. The van der Waals surface area contributed by atoms with Gasteiger partial charge in [0.1, 0.15) is 5.75 Å². The number of methoxy groups -OCH3 is 1. The average molecular weight is 441 g/mol. The lowest BCUT2D eigenvalue weighted by molar-refractivity contribution is -0.131. The predicted octanol–water partition coefficient (Wildman–Crippen LogP) is 4.71. The number of nitrogens with zero attached hydrogens (tertiary/aromatic N) is 4. The van der Waals surface area contributed by atoms with Gasteiger partial charge in [0.15, 0.2) is 5.92 Å². The average Bonchev–Trinajstić information content (AvgIpc) is 2.84. The standard InChI is InChI=1S/C24H19N5O4/c1-33-20-13-11-19(12-14-20)29-23(31)21(22(30)26-24(29)32)15-25-16-7-9-18(10-8-16)28-27-17-5-3-2-4-6-17/h2-15,21H,1H3,(H,26,30,32)/t21-/m0/s1. The van der Waals surface area contributed by atoms with E-state index in [4.69, 9.17) is 4.74 Å². The van der Waals surface area contributed by atoms with Crippen LogP contribution in [0.25, 0.3) is 0 Å². The number of anilines is 1. The number of carbonyl (C=O) groups is 3. The van der Waals surface area contributed by atoms with Crippen molar-refractivity contribution in [2.75, 3.05) is 12.0 Å². The van der Waals surface area contributed by atoms with Crippen LogP contribution in [-0.4, -0.2) is 31.2 Å². The Morgan fingerprint density at radius 2 is 1.42 bits per heavy atom. The first-order chi connectivity index (χ1) is 16.0. The minimum Gasteiger partial charge on any atom is -0.497 e. The molecular formula is C24H19N5O4. The summed E-state index contributed by atoms with van der Waals surface area (Å²) in [6, 6.07) is 21.7. The Hall–Kier alpha value is -4.66. The van der Waals surface area contributed by atoms with Gasteiger partial charge in [0.25, 0.3) is 5.91 Å². The molecule has 0 unspecified atom stereocenters. The zero-order chi connectivity index (χ0) is 23.2. The number of nitrogens with one attached hydrogen (secondary N) is 1. The lowest BCUT2D eigenvalue weighted by atomic mass is 10.1. The molecule has 3 aromatic rings. The lowest BCUT2D eigenvalue weighted by Gasteiger charge is -2.28.